The zero-order valence-corrected chi connectivity index (χ0v) is 22.2. The molecule has 0 spiro atoms. The Hall–Kier alpha value is -3.18. The second-order valence-corrected chi connectivity index (χ2v) is 11.3. The van der Waals surface area contributed by atoms with E-state index in [1.54, 1.807) is 42.5 Å². The molecule has 0 aliphatic carbocycles. The minimum absolute atomic E-state index is 0.0175. The maximum absolute atomic E-state index is 13.6. The van der Waals surface area contributed by atoms with E-state index in [2.05, 4.69) is 15.5 Å². The van der Waals surface area contributed by atoms with Gasteiger partial charge >= 0.3 is 0 Å². The van der Waals surface area contributed by atoms with Gasteiger partial charge in [-0.05, 0) is 49.4 Å². The fourth-order valence-electron chi connectivity index (χ4n) is 3.27. The molecule has 1 heterocycles. The van der Waals surface area contributed by atoms with Gasteiger partial charge in [-0.25, -0.2) is 8.42 Å². The number of rotatable bonds is 8. The number of aryl methyl sites for hydroxylation is 1. The maximum atomic E-state index is 13.6. The number of ether oxygens (including phenoxy) is 1. The van der Waals surface area contributed by atoms with Gasteiger partial charge in [-0.3, -0.25) is 14.4 Å². The van der Waals surface area contributed by atoms with Crippen LogP contribution < -0.4 is 14.4 Å². The Labute approximate surface area is 222 Å². The number of sulfonamides is 1. The van der Waals surface area contributed by atoms with Crippen molar-refractivity contribution in [1.29, 1.82) is 0 Å². The Bertz CT molecular complexity index is 1490. The summed E-state index contributed by atoms with van der Waals surface area (Å²) in [5.74, 6) is -0.379. The molecule has 1 aromatic heterocycles. The Balaban J connectivity index is 1.64. The third kappa shape index (κ3) is 5.79. The van der Waals surface area contributed by atoms with Crippen LogP contribution in [0, 0.1) is 6.92 Å². The first-order valence-electron chi connectivity index (χ1n) is 10.5. The topological polar surface area (TPSA) is 101 Å². The van der Waals surface area contributed by atoms with Crippen molar-refractivity contribution in [2.75, 3.05) is 23.3 Å². The number of nitrogens with zero attached hydrogens (tertiary/aromatic N) is 3. The summed E-state index contributed by atoms with van der Waals surface area (Å²) in [6.45, 7) is 1.30. The molecule has 1 amide bonds. The van der Waals surface area contributed by atoms with Crippen molar-refractivity contribution >= 4 is 61.3 Å². The molecular formula is C24H20Cl2N4O4S2. The van der Waals surface area contributed by atoms with Crippen LogP contribution in [0.1, 0.15) is 5.56 Å². The largest absolute Gasteiger partial charge is 0.495 e. The maximum Gasteiger partial charge on any atom is 0.264 e. The highest BCUT2D eigenvalue weighted by atomic mass is 35.5. The van der Waals surface area contributed by atoms with E-state index in [9.17, 15) is 13.2 Å². The number of anilines is 2. The molecule has 4 aromatic rings. The molecule has 3 aromatic carbocycles. The smallest absolute Gasteiger partial charge is 0.264 e. The summed E-state index contributed by atoms with van der Waals surface area (Å²) in [6.07, 6.45) is 0. The lowest BCUT2D eigenvalue weighted by Gasteiger charge is -2.25. The molecule has 8 nitrogen and oxygen atoms in total. The van der Waals surface area contributed by atoms with Crippen molar-refractivity contribution < 1.29 is 17.9 Å². The van der Waals surface area contributed by atoms with Crippen molar-refractivity contribution in [3.63, 3.8) is 0 Å². The van der Waals surface area contributed by atoms with Crippen molar-refractivity contribution in [2.24, 2.45) is 0 Å². The molecule has 0 radical (unpaired) electrons. The first-order valence-corrected chi connectivity index (χ1v) is 13.5. The fraction of sp³-hybridized carbons (Fsp3) is 0.125. The molecule has 0 atom stereocenters. The van der Waals surface area contributed by atoms with Crippen molar-refractivity contribution in [3.05, 3.63) is 82.3 Å². The van der Waals surface area contributed by atoms with Gasteiger partial charge in [-0.15, -0.1) is 10.2 Å². The lowest BCUT2D eigenvalue weighted by atomic mass is 10.2. The molecule has 0 bridgehead atoms. The number of hydrogen-bond donors (Lipinski definition) is 1. The predicted molar refractivity (Wildman–Crippen MR) is 143 cm³/mol. The second kappa shape index (κ2) is 10.8. The van der Waals surface area contributed by atoms with Gasteiger partial charge in [0, 0.05) is 15.6 Å². The average Bonchev–Trinajstić information content (AvgIpc) is 3.31. The first kappa shape index (κ1) is 25.9. The average molecular weight is 563 g/mol. The molecule has 0 aliphatic heterocycles. The lowest BCUT2D eigenvalue weighted by Crippen LogP contribution is -2.38. The zero-order chi connectivity index (χ0) is 25.9. The minimum Gasteiger partial charge on any atom is -0.495 e. The molecular weight excluding hydrogens is 543 g/mol. The highest BCUT2D eigenvalue weighted by Gasteiger charge is 2.30. The SMILES string of the molecule is COc1ccc(Cl)cc1N(CC(=O)Nc1nnc(-c2ccc(Cl)cc2)s1)S(=O)(=O)c1ccc(C)cc1. The van der Waals surface area contributed by atoms with Crippen LogP contribution in [0.2, 0.25) is 10.0 Å². The van der Waals surface area contributed by atoms with Crippen LogP contribution in [0.4, 0.5) is 10.8 Å². The molecule has 12 heteroatoms. The first-order chi connectivity index (χ1) is 17.2. The summed E-state index contributed by atoms with van der Waals surface area (Å²) in [4.78, 5) is 13.1. The summed E-state index contributed by atoms with van der Waals surface area (Å²) in [6, 6.07) is 17.9. The highest BCUT2D eigenvalue weighted by Crippen LogP contribution is 2.35. The van der Waals surface area contributed by atoms with E-state index in [0.717, 1.165) is 26.8 Å². The number of carbonyl (C=O) groups is 1. The van der Waals surface area contributed by atoms with E-state index >= 15 is 0 Å². The summed E-state index contributed by atoms with van der Waals surface area (Å²) in [5.41, 5.74) is 1.80. The van der Waals surface area contributed by atoms with Gasteiger partial charge in [-0.2, -0.15) is 0 Å². The van der Waals surface area contributed by atoms with Crippen molar-refractivity contribution in [2.45, 2.75) is 11.8 Å². The fourth-order valence-corrected chi connectivity index (χ4v) is 5.75. The molecule has 0 saturated heterocycles. The quantitative estimate of drug-likeness (QED) is 0.297. The predicted octanol–water partition coefficient (Wildman–Crippen LogP) is 5.66. The van der Waals surface area contributed by atoms with Crippen molar-refractivity contribution in [3.8, 4) is 16.3 Å². The zero-order valence-electron chi connectivity index (χ0n) is 19.1. The molecule has 36 heavy (non-hydrogen) atoms. The number of nitrogens with one attached hydrogen (secondary N) is 1. The Morgan fingerprint density at radius 2 is 1.67 bits per heavy atom. The highest BCUT2D eigenvalue weighted by molar-refractivity contribution is 7.92. The molecule has 0 unspecified atom stereocenters. The summed E-state index contributed by atoms with van der Waals surface area (Å²) in [7, 11) is -2.75. The third-order valence-corrected chi connectivity index (χ3v) is 8.22. The van der Waals surface area contributed by atoms with E-state index in [4.69, 9.17) is 27.9 Å². The van der Waals surface area contributed by atoms with Crippen LogP contribution >= 0.6 is 34.5 Å². The van der Waals surface area contributed by atoms with Gasteiger partial charge in [-0.1, -0.05) is 64.4 Å². The van der Waals surface area contributed by atoms with Crippen LogP contribution in [0.3, 0.4) is 0 Å². The number of methoxy groups -OCH3 is 1. The van der Waals surface area contributed by atoms with Gasteiger partial charge < -0.3 is 4.74 Å². The van der Waals surface area contributed by atoms with Gasteiger partial charge in [0.15, 0.2) is 0 Å². The van der Waals surface area contributed by atoms with Crippen LogP contribution in [-0.2, 0) is 14.8 Å². The minimum atomic E-state index is -4.16. The number of benzene rings is 3. The lowest BCUT2D eigenvalue weighted by molar-refractivity contribution is -0.114. The summed E-state index contributed by atoms with van der Waals surface area (Å²) >= 11 is 13.2. The van der Waals surface area contributed by atoms with E-state index in [0.29, 0.717) is 10.0 Å². The Morgan fingerprint density at radius 1 is 1.00 bits per heavy atom. The van der Waals surface area contributed by atoms with Gasteiger partial charge in [0.05, 0.1) is 17.7 Å². The molecule has 0 aliphatic rings. The van der Waals surface area contributed by atoms with E-state index in [-0.39, 0.29) is 26.5 Å². The van der Waals surface area contributed by atoms with E-state index in [1.807, 2.05) is 6.92 Å². The molecule has 186 valence electrons. The molecule has 4 rings (SSSR count). The number of aromatic nitrogens is 2. The van der Waals surface area contributed by atoms with Crippen LogP contribution in [-0.4, -0.2) is 38.2 Å². The number of hydrogen-bond acceptors (Lipinski definition) is 7. The van der Waals surface area contributed by atoms with E-state index < -0.39 is 22.5 Å². The third-order valence-electron chi connectivity index (χ3n) is 5.07. The number of halogens is 2. The molecule has 1 N–H and O–H groups in total. The molecule has 0 fully saturated rings. The van der Waals surface area contributed by atoms with Crippen LogP contribution in [0.15, 0.2) is 71.6 Å². The van der Waals surface area contributed by atoms with Crippen LogP contribution in [0.25, 0.3) is 10.6 Å². The number of carbonyl (C=O) groups excluding carboxylic acids is 1. The normalized spacial score (nSPS) is 11.2. The van der Waals surface area contributed by atoms with Crippen molar-refractivity contribution in [1.82, 2.24) is 10.2 Å². The molecule has 0 saturated carbocycles. The summed E-state index contributed by atoms with van der Waals surface area (Å²) in [5, 5.41) is 12.4. The summed E-state index contributed by atoms with van der Waals surface area (Å²) < 4.78 is 33.6. The monoisotopic (exact) mass is 562 g/mol. The van der Waals surface area contributed by atoms with E-state index in [1.165, 1.54) is 31.4 Å². The number of amides is 1. The standard InChI is InChI=1S/C24H20Cl2N4O4S2/c1-15-3-10-19(11-4-15)36(32,33)30(20-13-18(26)9-12-21(20)34-2)14-22(31)27-24-29-28-23(35-24)16-5-7-17(25)8-6-16/h3-13H,14H2,1-2H3,(H,27,29,31). The Morgan fingerprint density at radius 3 is 2.33 bits per heavy atom. The van der Waals surface area contributed by atoms with Crippen LogP contribution in [0.5, 0.6) is 5.75 Å². The Kier molecular flexibility index (Phi) is 7.79. The van der Waals surface area contributed by atoms with Gasteiger partial charge in [0.25, 0.3) is 10.0 Å². The van der Waals surface area contributed by atoms with Gasteiger partial charge in [0.1, 0.15) is 17.3 Å². The second-order valence-electron chi connectivity index (χ2n) is 7.61. The van der Waals surface area contributed by atoms with Gasteiger partial charge in [0.2, 0.25) is 11.0 Å².